The molecule has 1 aliphatic rings. The SMILES string of the molecule is CNCc1ccc(OCC(=O)N(C)C2CCCCC2)cc1. The minimum absolute atomic E-state index is 0.0706. The first kappa shape index (κ1) is 15.8. The smallest absolute Gasteiger partial charge is 0.260 e. The second-order valence-electron chi connectivity index (χ2n) is 5.76. The molecule has 0 bridgehead atoms. The van der Waals surface area contributed by atoms with E-state index in [2.05, 4.69) is 5.32 Å². The van der Waals surface area contributed by atoms with E-state index in [-0.39, 0.29) is 12.5 Å². The summed E-state index contributed by atoms with van der Waals surface area (Å²) < 4.78 is 5.60. The molecule has 0 atom stereocenters. The van der Waals surface area contributed by atoms with Crippen LogP contribution in [-0.2, 0) is 11.3 Å². The molecule has 1 fully saturated rings. The maximum Gasteiger partial charge on any atom is 0.260 e. The number of likely N-dealkylation sites (N-methyl/N-ethyl adjacent to an activating group) is 1. The van der Waals surface area contributed by atoms with Gasteiger partial charge >= 0.3 is 0 Å². The summed E-state index contributed by atoms with van der Waals surface area (Å²) in [5.41, 5.74) is 1.20. The summed E-state index contributed by atoms with van der Waals surface area (Å²) in [6, 6.07) is 8.26. The van der Waals surface area contributed by atoms with Gasteiger partial charge in [-0.1, -0.05) is 31.4 Å². The average molecular weight is 290 g/mol. The quantitative estimate of drug-likeness (QED) is 0.875. The Morgan fingerprint density at radius 2 is 1.90 bits per heavy atom. The van der Waals surface area contributed by atoms with Crippen LogP contribution in [0.1, 0.15) is 37.7 Å². The van der Waals surface area contributed by atoms with E-state index in [0.717, 1.165) is 25.1 Å². The highest BCUT2D eigenvalue weighted by molar-refractivity contribution is 5.77. The predicted molar refractivity (Wildman–Crippen MR) is 84.3 cm³/mol. The lowest BCUT2D eigenvalue weighted by atomic mass is 9.94. The van der Waals surface area contributed by atoms with Crippen molar-refractivity contribution >= 4 is 5.91 Å². The molecule has 0 heterocycles. The van der Waals surface area contributed by atoms with E-state index in [1.54, 1.807) is 0 Å². The third kappa shape index (κ3) is 4.74. The normalized spacial score (nSPS) is 15.7. The molecular formula is C17H26N2O2. The van der Waals surface area contributed by atoms with Gasteiger partial charge in [-0.05, 0) is 37.6 Å². The summed E-state index contributed by atoms with van der Waals surface area (Å²) in [7, 11) is 3.82. The summed E-state index contributed by atoms with van der Waals surface area (Å²) in [6.45, 7) is 0.960. The Morgan fingerprint density at radius 1 is 1.24 bits per heavy atom. The molecule has 0 spiro atoms. The Bertz CT molecular complexity index is 439. The van der Waals surface area contributed by atoms with Crippen molar-refractivity contribution in [2.24, 2.45) is 0 Å². The molecule has 4 heteroatoms. The zero-order chi connectivity index (χ0) is 15.1. The molecule has 0 aliphatic heterocycles. The summed E-state index contributed by atoms with van der Waals surface area (Å²) in [6.07, 6.45) is 6.02. The number of hydrogen-bond acceptors (Lipinski definition) is 3. The third-order valence-corrected chi connectivity index (χ3v) is 4.18. The lowest BCUT2D eigenvalue weighted by Crippen LogP contribution is -2.40. The van der Waals surface area contributed by atoms with Crippen LogP contribution in [-0.4, -0.2) is 37.6 Å². The Morgan fingerprint density at radius 3 is 2.52 bits per heavy atom. The largest absolute Gasteiger partial charge is 0.484 e. The molecule has 0 radical (unpaired) electrons. The number of nitrogens with zero attached hydrogens (tertiary/aromatic N) is 1. The van der Waals surface area contributed by atoms with Gasteiger partial charge in [0, 0.05) is 19.6 Å². The van der Waals surface area contributed by atoms with Gasteiger partial charge in [0.15, 0.2) is 6.61 Å². The lowest BCUT2D eigenvalue weighted by Gasteiger charge is -2.31. The minimum atomic E-state index is 0.0706. The Balaban J connectivity index is 1.79. The third-order valence-electron chi connectivity index (χ3n) is 4.18. The van der Waals surface area contributed by atoms with E-state index in [4.69, 9.17) is 4.74 Å². The second-order valence-corrected chi connectivity index (χ2v) is 5.76. The number of benzene rings is 1. The molecular weight excluding hydrogens is 264 g/mol. The fourth-order valence-electron chi connectivity index (χ4n) is 2.83. The number of nitrogens with one attached hydrogen (secondary N) is 1. The second kappa shape index (κ2) is 8.03. The van der Waals surface area contributed by atoms with Gasteiger partial charge < -0.3 is 15.0 Å². The molecule has 1 N–H and O–H groups in total. The van der Waals surface area contributed by atoms with Crippen LogP contribution in [0.2, 0.25) is 0 Å². The van der Waals surface area contributed by atoms with Gasteiger partial charge in [0.25, 0.3) is 5.91 Å². The standard InChI is InChI=1S/C17H26N2O2/c1-18-12-14-8-10-16(11-9-14)21-13-17(20)19(2)15-6-4-3-5-7-15/h8-11,15,18H,3-7,12-13H2,1-2H3. The van der Waals surface area contributed by atoms with E-state index in [1.165, 1.54) is 24.8 Å². The first-order chi connectivity index (χ1) is 10.2. The first-order valence-electron chi connectivity index (χ1n) is 7.82. The molecule has 0 aromatic heterocycles. The van der Waals surface area contributed by atoms with E-state index < -0.39 is 0 Å². The van der Waals surface area contributed by atoms with Crippen molar-refractivity contribution in [3.8, 4) is 5.75 Å². The van der Waals surface area contributed by atoms with Crippen molar-refractivity contribution < 1.29 is 9.53 Å². The van der Waals surface area contributed by atoms with Gasteiger partial charge in [-0.2, -0.15) is 0 Å². The zero-order valence-corrected chi connectivity index (χ0v) is 13.1. The minimum Gasteiger partial charge on any atom is -0.484 e. The fourth-order valence-corrected chi connectivity index (χ4v) is 2.83. The van der Waals surface area contributed by atoms with E-state index >= 15 is 0 Å². The zero-order valence-electron chi connectivity index (χ0n) is 13.1. The highest BCUT2D eigenvalue weighted by Gasteiger charge is 2.22. The van der Waals surface area contributed by atoms with E-state index in [9.17, 15) is 4.79 Å². The van der Waals surface area contributed by atoms with Crippen molar-refractivity contribution in [3.05, 3.63) is 29.8 Å². The number of carbonyl (C=O) groups excluding carboxylic acids is 1. The molecule has 116 valence electrons. The Hall–Kier alpha value is -1.55. The number of hydrogen-bond donors (Lipinski definition) is 1. The van der Waals surface area contributed by atoms with Crippen molar-refractivity contribution in [1.29, 1.82) is 0 Å². The van der Waals surface area contributed by atoms with Crippen LogP contribution in [0.25, 0.3) is 0 Å². The molecule has 1 aromatic rings. The van der Waals surface area contributed by atoms with E-state index in [0.29, 0.717) is 6.04 Å². The van der Waals surface area contributed by atoms with E-state index in [1.807, 2.05) is 43.3 Å². The fraction of sp³-hybridized carbons (Fsp3) is 0.588. The monoisotopic (exact) mass is 290 g/mol. The highest BCUT2D eigenvalue weighted by Crippen LogP contribution is 2.21. The van der Waals surface area contributed by atoms with Crippen LogP contribution in [0.3, 0.4) is 0 Å². The molecule has 1 aliphatic carbocycles. The maximum atomic E-state index is 12.2. The summed E-state index contributed by atoms with van der Waals surface area (Å²) in [5, 5.41) is 3.10. The highest BCUT2D eigenvalue weighted by atomic mass is 16.5. The molecule has 2 rings (SSSR count). The molecule has 4 nitrogen and oxygen atoms in total. The predicted octanol–water partition coefficient (Wildman–Crippen LogP) is 2.58. The van der Waals surface area contributed by atoms with Crippen LogP contribution < -0.4 is 10.1 Å². The number of rotatable bonds is 6. The topological polar surface area (TPSA) is 41.6 Å². The van der Waals surface area contributed by atoms with Gasteiger partial charge in [0.05, 0.1) is 0 Å². The van der Waals surface area contributed by atoms with Gasteiger partial charge in [-0.3, -0.25) is 4.79 Å². The van der Waals surface area contributed by atoms with Gasteiger partial charge in [-0.25, -0.2) is 0 Å². The Labute approximate surface area is 127 Å². The summed E-state index contributed by atoms with van der Waals surface area (Å²) >= 11 is 0. The average Bonchev–Trinajstić information content (AvgIpc) is 2.54. The van der Waals surface area contributed by atoms with Crippen molar-refractivity contribution in [2.75, 3.05) is 20.7 Å². The molecule has 1 aromatic carbocycles. The molecule has 0 saturated heterocycles. The van der Waals surface area contributed by atoms with Crippen LogP contribution in [0, 0.1) is 0 Å². The van der Waals surface area contributed by atoms with Crippen molar-refractivity contribution in [1.82, 2.24) is 10.2 Å². The van der Waals surface area contributed by atoms with Crippen LogP contribution in [0.5, 0.6) is 5.75 Å². The van der Waals surface area contributed by atoms with Gasteiger partial charge in [0.2, 0.25) is 0 Å². The summed E-state index contributed by atoms with van der Waals surface area (Å²) in [4.78, 5) is 14.0. The molecule has 1 saturated carbocycles. The lowest BCUT2D eigenvalue weighted by molar-refractivity contribution is -0.134. The first-order valence-corrected chi connectivity index (χ1v) is 7.82. The molecule has 1 amide bonds. The van der Waals surface area contributed by atoms with Crippen molar-refractivity contribution in [2.45, 2.75) is 44.7 Å². The number of carbonyl (C=O) groups is 1. The molecule has 21 heavy (non-hydrogen) atoms. The Kier molecular flexibility index (Phi) is 6.05. The van der Waals surface area contributed by atoms with Crippen LogP contribution in [0.4, 0.5) is 0 Å². The van der Waals surface area contributed by atoms with Gasteiger partial charge in [-0.15, -0.1) is 0 Å². The number of ether oxygens (including phenoxy) is 1. The molecule has 0 unspecified atom stereocenters. The van der Waals surface area contributed by atoms with Crippen LogP contribution >= 0.6 is 0 Å². The maximum absolute atomic E-state index is 12.2. The van der Waals surface area contributed by atoms with Crippen molar-refractivity contribution in [3.63, 3.8) is 0 Å². The van der Waals surface area contributed by atoms with Gasteiger partial charge in [0.1, 0.15) is 5.75 Å². The number of amides is 1. The summed E-state index contributed by atoms with van der Waals surface area (Å²) in [5.74, 6) is 0.821. The van der Waals surface area contributed by atoms with Crippen LogP contribution in [0.15, 0.2) is 24.3 Å².